The van der Waals surface area contributed by atoms with E-state index in [4.69, 9.17) is 10.5 Å². The van der Waals surface area contributed by atoms with Crippen LogP contribution in [0.25, 0.3) is 0 Å². The van der Waals surface area contributed by atoms with E-state index in [1.165, 1.54) is 0 Å². The highest BCUT2D eigenvalue weighted by Crippen LogP contribution is 2.05. The first-order valence-electron chi connectivity index (χ1n) is 4.54. The highest BCUT2D eigenvalue weighted by atomic mass is 15.1. The molecule has 0 aliphatic carbocycles. The fraction of sp³-hybridized carbons (Fsp3) is 0.500. The Morgan fingerprint density at radius 3 is 2.71 bits per heavy atom. The van der Waals surface area contributed by atoms with Crippen molar-refractivity contribution in [1.29, 1.82) is 10.5 Å². The molecule has 0 N–H and O–H groups in total. The van der Waals surface area contributed by atoms with E-state index in [0.29, 0.717) is 25.8 Å². The van der Waals surface area contributed by atoms with Gasteiger partial charge >= 0.3 is 0 Å². The average Bonchev–Trinajstić information content (AvgIpc) is 2.52. The summed E-state index contributed by atoms with van der Waals surface area (Å²) in [6, 6.07) is 4.19. The van der Waals surface area contributed by atoms with Crippen LogP contribution in [0, 0.1) is 29.6 Å². The van der Waals surface area contributed by atoms with Gasteiger partial charge < -0.3 is 4.57 Å². The van der Waals surface area contributed by atoms with Crippen molar-refractivity contribution in [1.82, 2.24) is 9.55 Å². The largest absolute Gasteiger partial charge is 0.334 e. The lowest BCUT2D eigenvalue weighted by atomic mass is 10.3. The molecule has 0 bridgehead atoms. The first kappa shape index (κ1) is 10.3. The zero-order valence-corrected chi connectivity index (χ0v) is 8.19. The van der Waals surface area contributed by atoms with Crippen LogP contribution in [0.4, 0.5) is 0 Å². The first-order valence-corrected chi connectivity index (χ1v) is 4.54. The lowest BCUT2D eigenvalue weighted by Crippen LogP contribution is -2.02. The van der Waals surface area contributed by atoms with Gasteiger partial charge in [-0.1, -0.05) is 0 Å². The number of aryl methyl sites for hydroxylation is 3. The lowest BCUT2D eigenvalue weighted by Gasteiger charge is -2.02. The molecule has 0 radical (unpaired) electrons. The van der Waals surface area contributed by atoms with Gasteiger partial charge in [0.25, 0.3) is 0 Å². The van der Waals surface area contributed by atoms with Gasteiger partial charge in [0.2, 0.25) is 0 Å². The molecule has 4 nitrogen and oxygen atoms in total. The van der Waals surface area contributed by atoms with Crippen LogP contribution in [-0.4, -0.2) is 9.55 Å². The zero-order valence-electron chi connectivity index (χ0n) is 8.19. The van der Waals surface area contributed by atoms with Gasteiger partial charge in [0.15, 0.2) is 0 Å². The Balaban J connectivity index is 2.71. The molecule has 0 aliphatic heterocycles. The maximum atomic E-state index is 8.47. The van der Waals surface area contributed by atoms with Crippen LogP contribution in [0.3, 0.4) is 0 Å². The molecule has 0 unspecified atom stereocenters. The smallest absolute Gasteiger partial charge is 0.110 e. The number of hydrogen-bond acceptors (Lipinski definition) is 3. The Morgan fingerprint density at radius 2 is 2.07 bits per heavy atom. The maximum Gasteiger partial charge on any atom is 0.110 e. The lowest BCUT2D eigenvalue weighted by molar-refractivity contribution is 0.662. The minimum Gasteiger partial charge on any atom is -0.334 e. The summed E-state index contributed by atoms with van der Waals surface area (Å²) in [4.78, 5) is 4.30. The molecule has 1 aromatic heterocycles. The van der Waals surface area contributed by atoms with Gasteiger partial charge in [-0.25, -0.2) is 4.98 Å². The maximum absolute atomic E-state index is 8.47. The highest BCUT2D eigenvalue weighted by molar-refractivity contribution is 5.03. The van der Waals surface area contributed by atoms with Crippen LogP contribution in [0.15, 0.2) is 6.20 Å². The Hall–Kier alpha value is -1.81. The molecule has 4 heteroatoms. The standard InChI is InChI=1S/C10H12N4/c1-9-8-14(7-3-6-12)10(13-9)4-2-5-11/h8H,2-4,7H2,1H3. The molecule has 0 aliphatic rings. The topological polar surface area (TPSA) is 65.4 Å². The van der Waals surface area contributed by atoms with E-state index >= 15 is 0 Å². The van der Waals surface area contributed by atoms with Crippen LogP contribution in [-0.2, 0) is 13.0 Å². The monoisotopic (exact) mass is 188 g/mol. The van der Waals surface area contributed by atoms with Gasteiger partial charge in [0.1, 0.15) is 5.82 Å². The van der Waals surface area contributed by atoms with Crippen molar-refractivity contribution in [2.45, 2.75) is 32.7 Å². The third-order valence-corrected chi connectivity index (χ3v) is 1.90. The Labute approximate surface area is 83.4 Å². The number of rotatable bonds is 4. The molecule has 1 rings (SSSR count). The number of imidazole rings is 1. The Kier molecular flexibility index (Phi) is 3.69. The fourth-order valence-corrected chi connectivity index (χ4v) is 1.33. The van der Waals surface area contributed by atoms with E-state index in [2.05, 4.69) is 17.1 Å². The molecule has 0 amide bonds. The molecule has 0 atom stereocenters. The number of nitrogens with zero attached hydrogens (tertiary/aromatic N) is 4. The Bertz CT molecular complexity index is 342. The molecule has 0 saturated heterocycles. The number of nitriles is 2. The van der Waals surface area contributed by atoms with Crippen molar-refractivity contribution in [2.24, 2.45) is 0 Å². The number of hydrogen-bond donors (Lipinski definition) is 0. The summed E-state index contributed by atoms with van der Waals surface area (Å²) in [5.74, 6) is 0.902. The molecule has 0 aromatic carbocycles. The first-order chi connectivity index (χ1) is 6.77. The van der Waals surface area contributed by atoms with Gasteiger partial charge in [-0.3, -0.25) is 0 Å². The third kappa shape index (κ3) is 2.60. The summed E-state index contributed by atoms with van der Waals surface area (Å²) in [5.41, 5.74) is 0.941. The van der Waals surface area contributed by atoms with E-state index < -0.39 is 0 Å². The predicted octanol–water partition coefficient (Wildman–Crippen LogP) is 1.56. The summed E-state index contributed by atoms with van der Waals surface area (Å²) in [6.07, 6.45) is 3.54. The van der Waals surface area contributed by atoms with Crippen LogP contribution < -0.4 is 0 Å². The SMILES string of the molecule is Cc1cn(CCC#N)c(CCC#N)n1. The average molecular weight is 188 g/mol. The highest BCUT2D eigenvalue weighted by Gasteiger charge is 2.04. The normalized spacial score (nSPS) is 9.36. The van der Waals surface area contributed by atoms with Gasteiger partial charge in [-0.15, -0.1) is 0 Å². The van der Waals surface area contributed by atoms with Crippen LogP contribution >= 0.6 is 0 Å². The van der Waals surface area contributed by atoms with Crippen LogP contribution in [0.2, 0.25) is 0 Å². The summed E-state index contributed by atoms with van der Waals surface area (Å²) >= 11 is 0. The molecule has 14 heavy (non-hydrogen) atoms. The predicted molar refractivity (Wildman–Crippen MR) is 51.1 cm³/mol. The van der Waals surface area contributed by atoms with Crippen molar-refractivity contribution < 1.29 is 0 Å². The van der Waals surface area contributed by atoms with Gasteiger partial charge in [-0.05, 0) is 6.92 Å². The van der Waals surface area contributed by atoms with Crippen molar-refractivity contribution in [3.05, 3.63) is 17.7 Å². The van der Waals surface area contributed by atoms with Crippen LogP contribution in [0.5, 0.6) is 0 Å². The Morgan fingerprint density at radius 1 is 1.36 bits per heavy atom. The van der Waals surface area contributed by atoms with Crippen molar-refractivity contribution in [3.8, 4) is 12.1 Å². The van der Waals surface area contributed by atoms with Gasteiger partial charge in [0, 0.05) is 25.6 Å². The summed E-state index contributed by atoms with van der Waals surface area (Å²) < 4.78 is 1.95. The van der Waals surface area contributed by atoms with E-state index in [9.17, 15) is 0 Å². The minimum absolute atomic E-state index is 0.475. The summed E-state index contributed by atoms with van der Waals surface area (Å²) in [5, 5.41) is 16.9. The van der Waals surface area contributed by atoms with Crippen molar-refractivity contribution in [2.75, 3.05) is 0 Å². The molecule has 1 aromatic rings. The van der Waals surface area contributed by atoms with Crippen molar-refractivity contribution >= 4 is 0 Å². The second-order valence-corrected chi connectivity index (χ2v) is 3.06. The number of aromatic nitrogens is 2. The molecular weight excluding hydrogens is 176 g/mol. The fourth-order valence-electron chi connectivity index (χ4n) is 1.33. The second kappa shape index (κ2) is 5.04. The van der Waals surface area contributed by atoms with E-state index in [-0.39, 0.29) is 0 Å². The van der Waals surface area contributed by atoms with Crippen molar-refractivity contribution in [3.63, 3.8) is 0 Å². The van der Waals surface area contributed by atoms with E-state index in [0.717, 1.165) is 11.5 Å². The summed E-state index contributed by atoms with van der Waals surface area (Å²) in [7, 11) is 0. The molecular formula is C10H12N4. The molecule has 0 fully saturated rings. The molecule has 1 heterocycles. The summed E-state index contributed by atoms with van der Waals surface area (Å²) in [6.45, 7) is 2.58. The molecule has 72 valence electrons. The van der Waals surface area contributed by atoms with Crippen LogP contribution in [0.1, 0.15) is 24.4 Å². The zero-order chi connectivity index (χ0) is 10.4. The van der Waals surface area contributed by atoms with Gasteiger partial charge in [0.05, 0.1) is 24.3 Å². The second-order valence-electron chi connectivity index (χ2n) is 3.06. The molecule has 0 spiro atoms. The molecule has 0 saturated carbocycles. The quantitative estimate of drug-likeness (QED) is 0.720. The van der Waals surface area contributed by atoms with E-state index in [1.807, 2.05) is 17.7 Å². The van der Waals surface area contributed by atoms with Gasteiger partial charge in [-0.2, -0.15) is 10.5 Å². The minimum atomic E-state index is 0.475. The third-order valence-electron chi connectivity index (χ3n) is 1.90. The van der Waals surface area contributed by atoms with E-state index in [1.54, 1.807) is 0 Å².